The van der Waals surface area contributed by atoms with E-state index in [9.17, 15) is 0 Å². The Kier molecular flexibility index (Phi) is 5.92. The minimum Gasteiger partial charge on any atom is -0.576 e. The lowest BCUT2D eigenvalue weighted by Crippen LogP contribution is -2.37. The van der Waals surface area contributed by atoms with Gasteiger partial charge in [0.05, 0.1) is 0 Å². The summed E-state index contributed by atoms with van der Waals surface area (Å²) >= 11 is -2.91. The van der Waals surface area contributed by atoms with Gasteiger partial charge in [0.2, 0.25) is 0 Å². The summed E-state index contributed by atoms with van der Waals surface area (Å²) in [6.07, 6.45) is 7.03. The molecule has 0 radical (unpaired) electrons. The fraction of sp³-hybridized carbons (Fsp3) is 0. The molecule has 0 atom stereocenters. The van der Waals surface area contributed by atoms with Crippen LogP contribution in [0.3, 0.4) is 0 Å². The minimum absolute atomic E-state index is 0.578. The molecule has 172 valence electrons. The highest BCUT2D eigenvalue weighted by Gasteiger charge is 2.46. The van der Waals surface area contributed by atoms with Gasteiger partial charge in [-0.1, -0.05) is 61.2 Å². The standard InChI is InChI=1S/C11H9NO.2C9H7NO.Al/c1-2-8-5-6-10(13)11-9(8)4-3-7-12-11;2*11-8-5-1-3-7-4-2-6-10-9(7)8;/h2-7,13H,1H2;2*1-6,11H;/q;;;+3/p-3. The molecule has 0 saturated carbocycles. The van der Waals surface area contributed by atoms with E-state index in [1.54, 1.807) is 24.7 Å². The van der Waals surface area contributed by atoms with E-state index < -0.39 is 15.1 Å². The van der Waals surface area contributed by atoms with Crippen molar-refractivity contribution in [3.8, 4) is 17.2 Å². The van der Waals surface area contributed by atoms with Crippen LogP contribution in [-0.2, 0) is 0 Å². The Labute approximate surface area is 212 Å². The fourth-order valence-electron chi connectivity index (χ4n) is 4.17. The Morgan fingerprint density at radius 2 is 1.06 bits per heavy atom. The van der Waals surface area contributed by atoms with Crippen molar-refractivity contribution in [1.29, 1.82) is 0 Å². The number of pyridine rings is 3. The molecule has 0 saturated heterocycles. The molecular formula is C29H20AlN3O3. The number of para-hydroxylation sites is 2. The number of nitrogens with zero attached hydrogens (tertiary/aromatic N) is 3. The Morgan fingerprint density at radius 3 is 1.64 bits per heavy atom. The van der Waals surface area contributed by atoms with Crippen LogP contribution >= 0.6 is 0 Å². The molecular weight excluding hydrogens is 465 g/mol. The van der Waals surface area contributed by atoms with Gasteiger partial charge >= 0.3 is 15.1 Å². The lowest BCUT2D eigenvalue weighted by atomic mass is 10.1. The number of rotatable bonds is 7. The number of fused-ring (bicyclic) bond motifs is 3. The van der Waals surface area contributed by atoms with Crippen LogP contribution in [0.1, 0.15) is 5.56 Å². The van der Waals surface area contributed by atoms with E-state index in [2.05, 4.69) is 21.5 Å². The number of benzene rings is 3. The molecule has 3 heterocycles. The van der Waals surface area contributed by atoms with Crippen LogP contribution in [-0.4, -0.2) is 30.1 Å². The van der Waals surface area contributed by atoms with E-state index in [0.29, 0.717) is 22.8 Å². The first-order valence-corrected chi connectivity index (χ1v) is 12.9. The molecule has 36 heavy (non-hydrogen) atoms. The van der Waals surface area contributed by atoms with Gasteiger partial charge in [-0.3, -0.25) is 15.0 Å². The average molecular weight is 485 g/mol. The van der Waals surface area contributed by atoms with Gasteiger partial charge in [0.25, 0.3) is 0 Å². The predicted molar refractivity (Wildman–Crippen MR) is 143 cm³/mol. The summed E-state index contributed by atoms with van der Waals surface area (Å²) in [5.41, 5.74) is 3.17. The Hall–Kier alpha value is -4.44. The second-order valence-electron chi connectivity index (χ2n) is 8.06. The van der Waals surface area contributed by atoms with E-state index in [1.165, 1.54) is 0 Å². The van der Waals surface area contributed by atoms with Crippen LogP contribution in [0.15, 0.2) is 110 Å². The van der Waals surface area contributed by atoms with Crippen LogP contribution in [0.5, 0.6) is 17.2 Å². The maximum atomic E-state index is 6.48. The van der Waals surface area contributed by atoms with Crippen molar-refractivity contribution < 1.29 is 11.4 Å². The summed E-state index contributed by atoms with van der Waals surface area (Å²) in [6, 6.07) is 27.1. The zero-order valence-corrected chi connectivity index (χ0v) is 20.4. The summed E-state index contributed by atoms with van der Waals surface area (Å²) in [7, 11) is 0. The third kappa shape index (κ3) is 4.22. The predicted octanol–water partition coefficient (Wildman–Crippen LogP) is 6.50. The molecule has 6 nitrogen and oxygen atoms in total. The van der Waals surface area contributed by atoms with Crippen molar-refractivity contribution in [3.63, 3.8) is 0 Å². The molecule has 0 aliphatic carbocycles. The molecule has 6 rings (SSSR count). The van der Waals surface area contributed by atoms with Gasteiger partial charge < -0.3 is 11.4 Å². The van der Waals surface area contributed by atoms with E-state index in [-0.39, 0.29) is 0 Å². The Balaban J connectivity index is 1.43. The molecule has 0 N–H and O–H groups in total. The van der Waals surface area contributed by atoms with Crippen LogP contribution in [0, 0.1) is 0 Å². The van der Waals surface area contributed by atoms with Gasteiger partial charge in [-0.25, -0.2) is 0 Å². The Bertz CT molecular complexity index is 1630. The molecule has 0 amide bonds. The third-order valence-corrected chi connectivity index (χ3v) is 7.19. The molecule has 0 bridgehead atoms. The maximum absolute atomic E-state index is 6.48. The number of hydrogen-bond donors (Lipinski definition) is 0. The summed E-state index contributed by atoms with van der Waals surface area (Å²) in [6.45, 7) is 3.92. The lowest BCUT2D eigenvalue weighted by molar-refractivity contribution is 0.311. The smallest absolute Gasteiger partial charge is 0.576 e. The summed E-state index contributed by atoms with van der Waals surface area (Å²) in [5, 5.41) is 2.88. The Morgan fingerprint density at radius 1 is 0.556 bits per heavy atom. The molecule has 0 fully saturated rings. The third-order valence-electron chi connectivity index (χ3n) is 5.85. The highest BCUT2D eigenvalue weighted by atomic mass is 27.3. The topological polar surface area (TPSA) is 66.4 Å². The first-order chi connectivity index (χ1) is 17.8. The molecule has 6 aromatic rings. The molecule has 0 spiro atoms. The molecule has 0 aliphatic heterocycles. The SMILES string of the molecule is C=Cc1ccc([O][Al]([O]c2cccc3cccnc23)[O]c2cccc3cccnc23)c2ncccc12. The van der Waals surface area contributed by atoms with Crippen molar-refractivity contribution in [3.05, 3.63) is 116 Å². The summed E-state index contributed by atoms with van der Waals surface area (Å²) in [5.74, 6) is 1.77. The van der Waals surface area contributed by atoms with Gasteiger partial charge in [0.15, 0.2) is 0 Å². The zero-order chi connectivity index (χ0) is 24.3. The number of hydrogen-bond acceptors (Lipinski definition) is 6. The average Bonchev–Trinajstić information content (AvgIpc) is 2.93. The second-order valence-corrected chi connectivity index (χ2v) is 9.35. The summed E-state index contributed by atoms with van der Waals surface area (Å²) in [4.78, 5) is 13.6. The molecule has 3 aromatic carbocycles. The highest BCUT2D eigenvalue weighted by Crippen LogP contribution is 2.31. The monoisotopic (exact) mass is 485 g/mol. The van der Waals surface area contributed by atoms with Crippen molar-refractivity contribution in [2.45, 2.75) is 0 Å². The quantitative estimate of drug-likeness (QED) is 0.241. The molecule has 0 unspecified atom stereocenters. The van der Waals surface area contributed by atoms with Crippen LogP contribution in [0.2, 0.25) is 0 Å². The summed E-state index contributed by atoms with van der Waals surface area (Å²) < 4.78 is 19.4. The van der Waals surface area contributed by atoms with Crippen LogP contribution < -0.4 is 11.4 Å². The van der Waals surface area contributed by atoms with Crippen molar-refractivity contribution in [2.75, 3.05) is 0 Å². The molecule has 0 aliphatic rings. The van der Waals surface area contributed by atoms with Crippen LogP contribution in [0.4, 0.5) is 0 Å². The van der Waals surface area contributed by atoms with Crippen LogP contribution in [0.25, 0.3) is 38.8 Å². The van der Waals surface area contributed by atoms with Crippen molar-refractivity contribution >= 4 is 53.9 Å². The van der Waals surface area contributed by atoms with E-state index in [0.717, 1.165) is 32.8 Å². The normalized spacial score (nSPS) is 10.9. The highest BCUT2D eigenvalue weighted by molar-refractivity contribution is 6.40. The van der Waals surface area contributed by atoms with E-state index in [4.69, 9.17) is 11.4 Å². The van der Waals surface area contributed by atoms with E-state index in [1.807, 2.05) is 84.9 Å². The van der Waals surface area contributed by atoms with Gasteiger partial charge in [-0.15, -0.1) is 0 Å². The minimum atomic E-state index is -2.91. The van der Waals surface area contributed by atoms with Crippen molar-refractivity contribution in [2.24, 2.45) is 0 Å². The van der Waals surface area contributed by atoms with Gasteiger partial charge in [0, 0.05) is 34.7 Å². The van der Waals surface area contributed by atoms with Gasteiger partial charge in [-0.05, 0) is 42.0 Å². The van der Waals surface area contributed by atoms with Crippen molar-refractivity contribution in [1.82, 2.24) is 15.0 Å². The van der Waals surface area contributed by atoms with Gasteiger partial charge in [-0.2, -0.15) is 0 Å². The van der Waals surface area contributed by atoms with Gasteiger partial charge in [0.1, 0.15) is 33.8 Å². The lowest BCUT2D eigenvalue weighted by Gasteiger charge is -2.19. The zero-order valence-electron chi connectivity index (χ0n) is 19.2. The fourth-order valence-corrected chi connectivity index (χ4v) is 5.50. The number of aromatic nitrogens is 3. The largest absolute Gasteiger partial charge is 1.20 e. The first-order valence-electron chi connectivity index (χ1n) is 11.5. The molecule has 7 heteroatoms. The second kappa shape index (κ2) is 9.67. The first kappa shape index (κ1) is 22.1. The van der Waals surface area contributed by atoms with E-state index >= 15 is 0 Å². The molecule has 3 aromatic heterocycles. The maximum Gasteiger partial charge on any atom is 1.20 e.